The number of aromatic nitrogens is 2. The van der Waals surface area contributed by atoms with E-state index < -0.39 is 29.7 Å². The van der Waals surface area contributed by atoms with Crippen LogP contribution in [0.3, 0.4) is 0 Å². The van der Waals surface area contributed by atoms with Gasteiger partial charge in [0.25, 0.3) is 17.4 Å². The van der Waals surface area contributed by atoms with Crippen LogP contribution in [-0.4, -0.2) is 122 Å². The number of piperidine rings is 1. The van der Waals surface area contributed by atoms with Crippen molar-refractivity contribution in [1.29, 1.82) is 0 Å². The van der Waals surface area contributed by atoms with Crippen molar-refractivity contribution < 1.29 is 33.4 Å². The number of methoxy groups -OCH3 is 2. The zero-order valence-electron chi connectivity index (χ0n) is 31.0. The molecule has 7 rings (SSSR count). The molecule has 0 saturated carbocycles. The van der Waals surface area contributed by atoms with Gasteiger partial charge in [-0.15, -0.1) is 0 Å². The molecule has 4 aromatic rings. The Morgan fingerprint density at radius 1 is 0.852 bits per heavy atom. The minimum Gasteiger partial charge on any atom is -0.496 e. The number of benzene rings is 2. The molecule has 1 atom stereocenters. The Morgan fingerprint density at radius 3 is 2.20 bits per heavy atom. The van der Waals surface area contributed by atoms with Crippen molar-refractivity contribution in [3.8, 4) is 28.4 Å². The number of carbonyl (C=O) groups is 4. The number of piperazine rings is 1. The quantitative estimate of drug-likeness (QED) is 0.225. The number of amides is 4. The van der Waals surface area contributed by atoms with Crippen LogP contribution in [0.1, 0.15) is 39.1 Å². The van der Waals surface area contributed by atoms with Crippen LogP contribution in [0.4, 0.5) is 5.82 Å². The predicted octanol–water partition coefficient (Wildman–Crippen LogP) is 2.28. The van der Waals surface area contributed by atoms with E-state index in [-0.39, 0.29) is 29.5 Å². The molecule has 2 aromatic carbocycles. The first-order valence-electron chi connectivity index (χ1n) is 17.8. The molecule has 5 heterocycles. The molecule has 282 valence electrons. The number of imide groups is 2. The van der Waals surface area contributed by atoms with Gasteiger partial charge in [-0.25, -0.2) is 4.98 Å². The van der Waals surface area contributed by atoms with Crippen molar-refractivity contribution in [2.45, 2.75) is 25.4 Å². The average molecular weight is 738 g/mol. The van der Waals surface area contributed by atoms with E-state index in [4.69, 9.17) is 14.2 Å². The molecule has 0 spiro atoms. The molecule has 3 aliphatic rings. The fourth-order valence-corrected chi connectivity index (χ4v) is 7.35. The SMILES string of the molecule is COc1cc(-c2cn(C)c(=O)c3cnc(N(C)C)cc23)cc(OC)c1CN1CCN(CCOc2ccc3c(c2)C(=O)N(C2CCC(=O)NC2=O)C3=O)CC1. The Balaban J connectivity index is 0.978. The molecule has 0 bridgehead atoms. The van der Waals surface area contributed by atoms with E-state index in [1.807, 2.05) is 43.4 Å². The van der Waals surface area contributed by atoms with Gasteiger partial charge in [-0.2, -0.15) is 0 Å². The van der Waals surface area contributed by atoms with Crippen molar-refractivity contribution in [2.75, 3.05) is 72.5 Å². The normalized spacial score (nSPS) is 17.9. The third-order valence-electron chi connectivity index (χ3n) is 10.4. The van der Waals surface area contributed by atoms with E-state index in [2.05, 4.69) is 20.1 Å². The van der Waals surface area contributed by atoms with Gasteiger partial charge in [0.1, 0.15) is 35.7 Å². The van der Waals surface area contributed by atoms with E-state index in [9.17, 15) is 24.0 Å². The fraction of sp³-hybridized carbons (Fsp3) is 0.385. The highest BCUT2D eigenvalue weighted by atomic mass is 16.5. The standard InChI is InChI=1S/C39H43N7O8/c1-42(2)34-19-26-28(20-40-34)37(49)43(3)21-29(26)23-16-32(52-4)30(33(17-23)53-5)22-45-12-10-44(11-13-45)14-15-54-24-6-7-25-27(18-24)39(51)46(38(25)50)31-8-9-35(47)41-36(31)48/h6-7,16-21,31H,8-15,22H2,1-5H3,(H,41,47,48). The van der Waals surface area contributed by atoms with Crippen LogP contribution in [-0.2, 0) is 23.2 Å². The Bertz CT molecular complexity index is 2200. The fourth-order valence-electron chi connectivity index (χ4n) is 7.35. The van der Waals surface area contributed by atoms with Gasteiger partial charge in [-0.1, -0.05) is 0 Å². The third-order valence-corrected chi connectivity index (χ3v) is 10.4. The summed E-state index contributed by atoms with van der Waals surface area (Å²) in [5, 5.41) is 3.54. The third kappa shape index (κ3) is 6.87. The maximum atomic E-state index is 13.2. The summed E-state index contributed by atoms with van der Waals surface area (Å²) < 4.78 is 19.4. The predicted molar refractivity (Wildman–Crippen MR) is 200 cm³/mol. The number of hydrogen-bond donors (Lipinski definition) is 1. The molecule has 54 heavy (non-hydrogen) atoms. The zero-order valence-corrected chi connectivity index (χ0v) is 31.0. The smallest absolute Gasteiger partial charge is 0.262 e. The van der Waals surface area contributed by atoms with Gasteiger partial charge in [0.2, 0.25) is 11.8 Å². The highest BCUT2D eigenvalue weighted by Crippen LogP contribution is 2.38. The van der Waals surface area contributed by atoms with E-state index >= 15 is 0 Å². The lowest BCUT2D eigenvalue weighted by Gasteiger charge is -2.35. The lowest BCUT2D eigenvalue weighted by Crippen LogP contribution is -2.54. The van der Waals surface area contributed by atoms with E-state index in [0.29, 0.717) is 42.3 Å². The van der Waals surface area contributed by atoms with Crippen molar-refractivity contribution >= 4 is 40.2 Å². The molecule has 2 saturated heterocycles. The van der Waals surface area contributed by atoms with E-state index in [0.717, 1.165) is 59.0 Å². The van der Waals surface area contributed by atoms with Crippen molar-refractivity contribution in [2.24, 2.45) is 7.05 Å². The van der Waals surface area contributed by atoms with Gasteiger partial charge in [0.15, 0.2) is 0 Å². The summed E-state index contributed by atoms with van der Waals surface area (Å²) in [6, 6.07) is 9.66. The van der Waals surface area contributed by atoms with Crippen LogP contribution < -0.4 is 30.0 Å². The summed E-state index contributed by atoms with van der Waals surface area (Å²) in [4.78, 5) is 75.1. The highest BCUT2D eigenvalue weighted by Gasteiger charge is 2.44. The summed E-state index contributed by atoms with van der Waals surface area (Å²) >= 11 is 0. The monoisotopic (exact) mass is 737 g/mol. The summed E-state index contributed by atoms with van der Waals surface area (Å²) in [6.07, 6.45) is 3.63. The second kappa shape index (κ2) is 14.9. The summed E-state index contributed by atoms with van der Waals surface area (Å²) in [5.74, 6) is 0.426. The first kappa shape index (κ1) is 36.6. The molecular weight excluding hydrogens is 694 g/mol. The number of aryl methyl sites for hydroxylation is 1. The number of nitrogens with one attached hydrogen (secondary N) is 1. The molecule has 15 nitrogen and oxygen atoms in total. The van der Waals surface area contributed by atoms with Crippen LogP contribution in [0.2, 0.25) is 0 Å². The minimum atomic E-state index is -1.01. The summed E-state index contributed by atoms with van der Waals surface area (Å²) in [6.45, 7) is 4.92. The molecule has 4 amide bonds. The van der Waals surface area contributed by atoms with Gasteiger partial charge in [-0.05, 0) is 48.4 Å². The van der Waals surface area contributed by atoms with Gasteiger partial charge >= 0.3 is 0 Å². The van der Waals surface area contributed by atoms with Gasteiger partial charge < -0.3 is 23.7 Å². The van der Waals surface area contributed by atoms with Gasteiger partial charge in [0.05, 0.1) is 36.3 Å². The van der Waals surface area contributed by atoms with Crippen molar-refractivity contribution in [3.63, 3.8) is 0 Å². The van der Waals surface area contributed by atoms with Crippen LogP contribution in [0.5, 0.6) is 17.2 Å². The van der Waals surface area contributed by atoms with Crippen LogP contribution >= 0.6 is 0 Å². The number of pyridine rings is 2. The van der Waals surface area contributed by atoms with Crippen LogP contribution in [0.25, 0.3) is 21.9 Å². The Labute approximate surface area is 312 Å². The zero-order chi connectivity index (χ0) is 38.3. The Hall–Kier alpha value is -5.80. The first-order valence-corrected chi connectivity index (χ1v) is 17.8. The topological polar surface area (TPSA) is 156 Å². The lowest BCUT2D eigenvalue weighted by molar-refractivity contribution is -0.136. The van der Waals surface area contributed by atoms with E-state index in [1.54, 1.807) is 50.2 Å². The largest absolute Gasteiger partial charge is 0.496 e. The molecule has 2 fully saturated rings. The highest BCUT2D eigenvalue weighted by molar-refractivity contribution is 6.23. The second-order valence-corrected chi connectivity index (χ2v) is 13.9. The molecule has 15 heteroatoms. The molecule has 2 aromatic heterocycles. The lowest BCUT2D eigenvalue weighted by atomic mass is 9.98. The molecule has 0 aliphatic carbocycles. The molecule has 1 unspecified atom stereocenters. The Morgan fingerprint density at radius 2 is 1.54 bits per heavy atom. The number of ether oxygens (including phenoxy) is 3. The number of hydrogen-bond acceptors (Lipinski definition) is 12. The number of fused-ring (bicyclic) bond motifs is 2. The van der Waals surface area contributed by atoms with Crippen LogP contribution in [0, 0.1) is 0 Å². The number of rotatable bonds is 11. The second-order valence-electron chi connectivity index (χ2n) is 13.9. The Kier molecular flexibility index (Phi) is 10.1. The maximum absolute atomic E-state index is 13.2. The number of nitrogens with zero attached hydrogens (tertiary/aromatic N) is 6. The minimum absolute atomic E-state index is 0.0655. The van der Waals surface area contributed by atoms with Gasteiger partial charge in [0, 0.05) is 90.2 Å². The average Bonchev–Trinajstić information content (AvgIpc) is 3.41. The summed E-state index contributed by atoms with van der Waals surface area (Å²) in [5.41, 5.74) is 2.95. The van der Waals surface area contributed by atoms with Crippen molar-refractivity contribution in [3.05, 3.63) is 75.8 Å². The molecular formula is C39H43N7O8. The first-order chi connectivity index (χ1) is 26.0. The van der Waals surface area contributed by atoms with Crippen LogP contribution in [0.15, 0.2) is 53.6 Å². The summed E-state index contributed by atoms with van der Waals surface area (Å²) in [7, 11) is 8.86. The van der Waals surface area contributed by atoms with E-state index in [1.165, 1.54) is 0 Å². The number of carbonyl (C=O) groups excluding carboxylic acids is 4. The molecule has 1 N–H and O–H groups in total. The van der Waals surface area contributed by atoms with Gasteiger partial charge in [-0.3, -0.25) is 44.0 Å². The number of anilines is 1. The molecule has 3 aliphatic heterocycles. The molecule has 0 radical (unpaired) electrons. The van der Waals surface area contributed by atoms with Crippen molar-refractivity contribution in [1.82, 2.24) is 29.6 Å². The maximum Gasteiger partial charge on any atom is 0.262 e.